The van der Waals surface area contributed by atoms with Crippen LogP contribution in [-0.2, 0) is 6.54 Å². The second-order valence-corrected chi connectivity index (χ2v) is 8.02. The zero-order chi connectivity index (χ0) is 21.8. The third kappa shape index (κ3) is 4.51. The number of benzene rings is 3. The highest BCUT2D eigenvalue weighted by Crippen LogP contribution is 2.28. The lowest BCUT2D eigenvalue weighted by Crippen LogP contribution is -2.37. The van der Waals surface area contributed by atoms with Gasteiger partial charge in [0.25, 0.3) is 5.91 Å². The number of nitrogens with one attached hydrogen (secondary N) is 1. The lowest BCUT2D eigenvalue weighted by molar-refractivity contribution is 0.0976. The smallest absolute Gasteiger partial charge is 0.261 e. The minimum atomic E-state index is -0.361. The summed E-state index contributed by atoms with van der Waals surface area (Å²) >= 11 is 1.24. The average Bonchev–Trinajstić information content (AvgIpc) is 3.19. The van der Waals surface area contributed by atoms with Gasteiger partial charge in [-0.25, -0.2) is 4.99 Å². The molecule has 0 radical (unpaired) electrons. The SMILES string of the molecule is Cc1snc(-c2ccc(C=O)cc2)c1C(=O)NC(N)=NCc1ccc2ccccc2c1. The fourth-order valence-corrected chi connectivity index (χ4v) is 3.99. The number of amides is 1. The van der Waals surface area contributed by atoms with Crippen LogP contribution < -0.4 is 11.1 Å². The highest BCUT2D eigenvalue weighted by molar-refractivity contribution is 7.06. The van der Waals surface area contributed by atoms with Gasteiger partial charge in [-0.2, -0.15) is 4.37 Å². The predicted octanol–water partition coefficient (Wildman–Crippen LogP) is 4.33. The first kappa shape index (κ1) is 20.4. The average molecular weight is 429 g/mol. The van der Waals surface area contributed by atoms with E-state index in [-0.39, 0.29) is 11.9 Å². The molecule has 1 aromatic heterocycles. The van der Waals surface area contributed by atoms with Crippen molar-refractivity contribution in [3.63, 3.8) is 0 Å². The van der Waals surface area contributed by atoms with E-state index in [9.17, 15) is 9.59 Å². The van der Waals surface area contributed by atoms with Crippen LogP contribution in [0.1, 0.15) is 31.2 Å². The number of hydrogen-bond acceptors (Lipinski definition) is 5. The van der Waals surface area contributed by atoms with Gasteiger partial charge < -0.3 is 5.73 Å². The number of aromatic nitrogens is 1. The van der Waals surface area contributed by atoms with Crippen molar-refractivity contribution in [2.45, 2.75) is 13.5 Å². The fraction of sp³-hybridized carbons (Fsp3) is 0.0833. The van der Waals surface area contributed by atoms with E-state index >= 15 is 0 Å². The second kappa shape index (κ2) is 8.89. The number of aldehydes is 1. The van der Waals surface area contributed by atoms with E-state index in [1.54, 1.807) is 24.3 Å². The fourth-order valence-electron chi connectivity index (χ4n) is 3.29. The number of carbonyl (C=O) groups is 2. The van der Waals surface area contributed by atoms with Gasteiger partial charge in [0.05, 0.1) is 17.8 Å². The van der Waals surface area contributed by atoms with Crippen LogP contribution in [0.4, 0.5) is 0 Å². The highest BCUT2D eigenvalue weighted by Gasteiger charge is 2.20. The summed E-state index contributed by atoms with van der Waals surface area (Å²) < 4.78 is 4.40. The van der Waals surface area contributed by atoms with Crippen molar-refractivity contribution in [2.75, 3.05) is 0 Å². The van der Waals surface area contributed by atoms with E-state index in [4.69, 9.17) is 5.73 Å². The van der Waals surface area contributed by atoms with Crippen LogP contribution in [0.2, 0.25) is 0 Å². The highest BCUT2D eigenvalue weighted by atomic mass is 32.1. The van der Waals surface area contributed by atoms with Crippen LogP contribution in [0.3, 0.4) is 0 Å². The number of aryl methyl sites for hydroxylation is 1. The summed E-state index contributed by atoms with van der Waals surface area (Å²) in [6.45, 7) is 2.19. The summed E-state index contributed by atoms with van der Waals surface area (Å²) in [7, 11) is 0. The van der Waals surface area contributed by atoms with Crippen LogP contribution in [0, 0.1) is 6.92 Å². The first-order valence-electron chi connectivity index (χ1n) is 9.66. The topological polar surface area (TPSA) is 97.4 Å². The van der Waals surface area contributed by atoms with Gasteiger partial charge in [-0.05, 0) is 40.9 Å². The molecule has 6 nitrogen and oxygen atoms in total. The molecule has 0 aliphatic rings. The maximum atomic E-state index is 12.9. The van der Waals surface area contributed by atoms with Gasteiger partial charge in [-0.1, -0.05) is 60.7 Å². The van der Waals surface area contributed by atoms with Crippen molar-refractivity contribution >= 4 is 40.5 Å². The van der Waals surface area contributed by atoms with E-state index in [2.05, 4.69) is 26.8 Å². The van der Waals surface area contributed by atoms with E-state index < -0.39 is 0 Å². The Kier molecular flexibility index (Phi) is 5.86. The predicted molar refractivity (Wildman–Crippen MR) is 124 cm³/mol. The number of aliphatic imine (C=N–C) groups is 1. The number of nitrogens with zero attached hydrogens (tertiary/aromatic N) is 2. The first-order chi connectivity index (χ1) is 15.0. The van der Waals surface area contributed by atoms with Crippen molar-refractivity contribution in [3.05, 3.63) is 88.3 Å². The van der Waals surface area contributed by atoms with Crippen LogP contribution in [-0.4, -0.2) is 22.5 Å². The number of rotatable bonds is 5. The summed E-state index contributed by atoms with van der Waals surface area (Å²) in [6, 6.07) is 21.1. The van der Waals surface area contributed by atoms with Crippen molar-refractivity contribution in [1.29, 1.82) is 0 Å². The van der Waals surface area contributed by atoms with E-state index in [1.807, 2.05) is 37.3 Å². The molecular weight excluding hydrogens is 408 g/mol. The summed E-state index contributed by atoms with van der Waals surface area (Å²) in [5.74, 6) is -0.313. The third-order valence-corrected chi connectivity index (χ3v) is 5.65. The molecule has 3 aromatic carbocycles. The largest absolute Gasteiger partial charge is 0.370 e. The van der Waals surface area contributed by atoms with Crippen LogP contribution in [0.25, 0.3) is 22.0 Å². The van der Waals surface area contributed by atoms with Crippen LogP contribution in [0.5, 0.6) is 0 Å². The van der Waals surface area contributed by atoms with Gasteiger partial charge in [-0.15, -0.1) is 0 Å². The van der Waals surface area contributed by atoms with Gasteiger partial charge in [0.1, 0.15) is 6.29 Å². The van der Waals surface area contributed by atoms with Crippen LogP contribution >= 0.6 is 11.5 Å². The Morgan fingerprint density at radius 3 is 2.58 bits per heavy atom. The van der Waals surface area contributed by atoms with Crippen molar-refractivity contribution in [1.82, 2.24) is 9.69 Å². The van der Waals surface area contributed by atoms with Crippen LogP contribution in [0.15, 0.2) is 71.7 Å². The molecule has 154 valence electrons. The Hall–Kier alpha value is -3.84. The minimum absolute atomic E-state index is 0.0472. The minimum Gasteiger partial charge on any atom is -0.370 e. The number of nitrogens with two attached hydrogens (primary N) is 1. The summed E-state index contributed by atoms with van der Waals surface area (Å²) in [5.41, 5.74) is 9.31. The monoisotopic (exact) mass is 428 g/mol. The molecule has 0 bridgehead atoms. The molecule has 0 saturated heterocycles. The van der Waals surface area contributed by atoms with E-state index in [1.165, 1.54) is 11.5 Å². The molecule has 0 aliphatic heterocycles. The Balaban J connectivity index is 1.50. The van der Waals surface area contributed by atoms with Gasteiger partial charge >= 0.3 is 0 Å². The zero-order valence-corrected chi connectivity index (χ0v) is 17.6. The molecule has 0 unspecified atom stereocenters. The maximum absolute atomic E-state index is 12.9. The van der Waals surface area contributed by atoms with Crippen molar-refractivity contribution in [2.24, 2.45) is 10.7 Å². The Morgan fingerprint density at radius 1 is 1.10 bits per heavy atom. The standard InChI is InChI=1S/C24H20N4O2S/c1-15-21(22(28-31-15)19-10-6-16(14-29)7-11-19)23(30)27-24(25)26-13-17-8-9-18-4-2-3-5-20(18)12-17/h2-12,14H,13H2,1H3,(H3,25,26,27,30). The molecule has 0 spiro atoms. The number of guanidine groups is 1. The van der Waals surface area contributed by atoms with E-state index in [0.717, 1.165) is 33.1 Å². The molecule has 0 aliphatic carbocycles. The van der Waals surface area contributed by atoms with Gasteiger partial charge in [0.2, 0.25) is 0 Å². The Labute approximate surface area is 183 Å². The molecule has 7 heteroatoms. The Morgan fingerprint density at radius 2 is 1.84 bits per heavy atom. The van der Waals surface area contributed by atoms with Gasteiger partial charge in [0, 0.05) is 16.0 Å². The molecule has 31 heavy (non-hydrogen) atoms. The lowest BCUT2D eigenvalue weighted by atomic mass is 10.0. The lowest BCUT2D eigenvalue weighted by Gasteiger charge is -2.07. The maximum Gasteiger partial charge on any atom is 0.261 e. The normalized spacial score (nSPS) is 11.5. The summed E-state index contributed by atoms with van der Waals surface area (Å²) in [6.07, 6.45) is 0.774. The number of fused-ring (bicyclic) bond motifs is 1. The molecule has 4 rings (SSSR count). The molecule has 0 saturated carbocycles. The van der Waals surface area contributed by atoms with Crippen molar-refractivity contribution in [3.8, 4) is 11.3 Å². The summed E-state index contributed by atoms with van der Waals surface area (Å²) in [4.78, 5) is 28.8. The molecule has 3 N–H and O–H groups in total. The molecule has 4 aromatic rings. The second-order valence-electron chi connectivity index (χ2n) is 7.04. The number of hydrogen-bond donors (Lipinski definition) is 2. The molecule has 1 amide bonds. The van der Waals surface area contributed by atoms with E-state index in [0.29, 0.717) is 23.4 Å². The van der Waals surface area contributed by atoms with Gasteiger partial charge in [-0.3, -0.25) is 14.9 Å². The third-order valence-electron chi connectivity index (χ3n) is 4.90. The quantitative estimate of drug-likeness (QED) is 0.281. The molecule has 0 atom stereocenters. The number of carbonyl (C=O) groups excluding carboxylic acids is 2. The Bertz CT molecular complexity index is 1290. The molecule has 0 fully saturated rings. The molecular formula is C24H20N4O2S. The van der Waals surface area contributed by atoms with Crippen molar-refractivity contribution < 1.29 is 9.59 Å². The van der Waals surface area contributed by atoms with Gasteiger partial charge in [0.15, 0.2) is 5.96 Å². The zero-order valence-electron chi connectivity index (χ0n) is 16.8. The molecule has 1 heterocycles. The summed E-state index contributed by atoms with van der Waals surface area (Å²) in [5, 5.41) is 4.95. The first-order valence-corrected chi connectivity index (χ1v) is 10.4.